The Kier molecular flexibility index (Phi) is 6.32. The Morgan fingerprint density at radius 3 is 2.35 bits per heavy atom. The summed E-state index contributed by atoms with van der Waals surface area (Å²) in [5, 5.41) is 15.6. The topological polar surface area (TPSA) is 94.9 Å². The third kappa shape index (κ3) is 4.79. The molecule has 1 aromatic rings. The number of aryl methyl sites for hydroxylation is 2. The number of piperidine rings is 1. The van der Waals surface area contributed by atoms with Gasteiger partial charge in [0.2, 0.25) is 0 Å². The standard InChI is InChI=1S/C16H21NO.C4H4O4/c1-10-6-11(2)16-13(7-10)14-9-17(3)5-4-12(14)8-15(16)18;5-3(6)1-2-4(7)8/h6-7,12,14H,4-5,8-9H2,1-3H3;1-2H,(H,5,6)(H,7,8)/b;2-1+/t12-,14-;/m1./s1. The second-order valence-electron chi connectivity index (χ2n) is 7.10. The lowest BCUT2D eigenvalue weighted by atomic mass is 9.70. The van der Waals surface area contributed by atoms with Gasteiger partial charge in [0.15, 0.2) is 5.78 Å². The molecule has 0 amide bonds. The number of carbonyl (C=O) groups is 3. The first kappa shape index (κ1) is 19.8. The molecule has 6 nitrogen and oxygen atoms in total. The molecule has 1 saturated heterocycles. The minimum Gasteiger partial charge on any atom is -0.478 e. The molecule has 0 bridgehead atoms. The molecule has 1 aromatic carbocycles. The maximum Gasteiger partial charge on any atom is 0.328 e. The quantitative estimate of drug-likeness (QED) is 0.788. The van der Waals surface area contributed by atoms with Crippen LogP contribution in [0.1, 0.15) is 45.8 Å². The summed E-state index contributed by atoms with van der Waals surface area (Å²) in [4.78, 5) is 33.8. The van der Waals surface area contributed by atoms with Gasteiger partial charge in [0, 0.05) is 36.6 Å². The highest BCUT2D eigenvalue weighted by atomic mass is 16.4. The van der Waals surface area contributed by atoms with Crippen molar-refractivity contribution in [2.24, 2.45) is 5.92 Å². The van der Waals surface area contributed by atoms with E-state index >= 15 is 0 Å². The first-order valence-electron chi connectivity index (χ1n) is 8.65. The largest absolute Gasteiger partial charge is 0.478 e. The number of aliphatic carboxylic acids is 2. The van der Waals surface area contributed by atoms with Gasteiger partial charge in [-0.25, -0.2) is 9.59 Å². The van der Waals surface area contributed by atoms with E-state index in [1.807, 2.05) is 0 Å². The molecule has 6 heteroatoms. The Balaban J connectivity index is 0.000000260. The van der Waals surface area contributed by atoms with Crippen molar-refractivity contribution < 1.29 is 24.6 Å². The zero-order valence-electron chi connectivity index (χ0n) is 15.4. The summed E-state index contributed by atoms with van der Waals surface area (Å²) in [7, 11) is 2.19. The van der Waals surface area contributed by atoms with E-state index in [2.05, 4.69) is 37.9 Å². The minimum absolute atomic E-state index is 0.369. The number of carboxylic acids is 2. The fraction of sp³-hybridized carbons (Fsp3) is 0.450. The van der Waals surface area contributed by atoms with E-state index in [0.29, 0.717) is 29.8 Å². The van der Waals surface area contributed by atoms with E-state index in [9.17, 15) is 14.4 Å². The molecule has 1 aliphatic heterocycles. The van der Waals surface area contributed by atoms with E-state index in [1.54, 1.807) is 0 Å². The number of rotatable bonds is 2. The van der Waals surface area contributed by atoms with Gasteiger partial charge in [-0.3, -0.25) is 4.79 Å². The zero-order chi connectivity index (χ0) is 19.4. The van der Waals surface area contributed by atoms with Crippen LogP contribution in [-0.2, 0) is 9.59 Å². The van der Waals surface area contributed by atoms with Crippen molar-refractivity contribution >= 4 is 17.7 Å². The van der Waals surface area contributed by atoms with Gasteiger partial charge in [-0.1, -0.05) is 17.7 Å². The minimum atomic E-state index is -1.26. The van der Waals surface area contributed by atoms with Crippen LogP contribution in [0.4, 0.5) is 0 Å². The van der Waals surface area contributed by atoms with Gasteiger partial charge in [0.1, 0.15) is 0 Å². The number of Topliss-reactive ketones (excluding diaryl/α,β-unsaturated/α-hetero) is 1. The molecule has 1 heterocycles. The maximum absolute atomic E-state index is 12.3. The van der Waals surface area contributed by atoms with Gasteiger partial charge in [-0.05, 0) is 50.9 Å². The smallest absolute Gasteiger partial charge is 0.328 e. The van der Waals surface area contributed by atoms with Crippen molar-refractivity contribution in [2.45, 2.75) is 32.6 Å². The van der Waals surface area contributed by atoms with Gasteiger partial charge in [0.05, 0.1) is 0 Å². The molecule has 1 aliphatic carbocycles. The zero-order valence-corrected chi connectivity index (χ0v) is 15.4. The summed E-state index contributed by atoms with van der Waals surface area (Å²) in [6, 6.07) is 4.39. The lowest BCUT2D eigenvalue weighted by Crippen LogP contribution is -2.40. The number of likely N-dealkylation sites (N-methyl/N-ethyl adjacent to an activating group) is 1. The molecule has 2 aliphatic rings. The number of carbonyl (C=O) groups excluding carboxylic acids is 1. The lowest BCUT2D eigenvalue weighted by molar-refractivity contribution is -0.134. The van der Waals surface area contributed by atoms with Crippen molar-refractivity contribution in [1.29, 1.82) is 0 Å². The third-order valence-electron chi connectivity index (χ3n) is 4.96. The van der Waals surface area contributed by atoms with E-state index in [1.165, 1.54) is 23.1 Å². The molecule has 3 rings (SSSR count). The summed E-state index contributed by atoms with van der Waals surface area (Å²) in [5.41, 5.74) is 4.80. The summed E-state index contributed by atoms with van der Waals surface area (Å²) in [6.45, 7) is 6.45. The normalized spacial score (nSPS) is 22.2. The predicted octanol–water partition coefficient (Wildman–Crippen LogP) is 2.64. The van der Waals surface area contributed by atoms with Crippen LogP contribution in [-0.4, -0.2) is 53.0 Å². The Bertz CT molecular complexity index is 737. The van der Waals surface area contributed by atoms with Gasteiger partial charge in [-0.2, -0.15) is 0 Å². The number of fused-ring (bicyclic) bond motifs is 3. The SMILES string of the molecule is Cc1cc(C)c2c(c1)[C@@H]1CN(C)CC[C@@H]1CC2=O.O=C(O)/C=C/C(=O)O. The average Bonchev–Trinajstić information content (AvgIpc) is 2.53. The number of benzene rings is 1. The fourth-order valence-electron chi connectivity index (χ4n) is 3.92. The Labute approximate surface area is 153 Å². The van der Waals surface area contributed by atoms with Crippen LogP contribution in [0.2, 0.25) is 0 Å². The van der Waals surface area contributed by atoms with Gasteiger partial charge in [-0.15, -0.1) is 0 Å². The Hall–Kier alpha value is -2.47. The van der Waals surface area contributed by atoms with E-state index < -0.39 is 11.9 Å². The fourth-order valence-corrected chi connectivity index (χ4v) is 3.92. The lowest BCUT2D eigenvalue weighted by Gasteiger charge is -2.41. The highest BCUT2D eigenvalue weighted by molar-refractivity contribution is 6.00. The van der Waals surface area contributed by atoms with Crippen LogP contribution in [0.5, 0.6) is 0 Å². The molecule has 2 atom stereocenters. The molecule has 0 unspecified atom stereocenters. The number of likely N-dealkylation sites (tertiary alicyclic amines) is 1. The van der Waals surface area contributed by atoms with E-state index in [-0.39, 0.29) is 0 Å². The number of nitrogens with zero attached hydrogens (tertiary/aromatic N) is 1. The molecular weight excluding hydrogens is 334 g/mol. The molecule has 0 saturated carbocycles. The monoisotopic (exact) mass is 359 g/mol. The first-order valence-corrected chi connectivity index (χ1v) is 8.65. The summed E-state index contributed by atoms with van der Waals surface area (Å²) in [5.74, 6) is -1.01. The molecule has 0 spiro atoms. The molecule has 2 N–H and O–H groups in total. The third-order valence-corrected chi connectivity index (χ3v) is 4.96. The number of ketones is 1. The Morgan fingerprint density at radius 1 is 1.15 bits per heavy atom. The predicted molar refractivity (Wildman–Crippen MR) is 97.6 cm³/mol. The van der Waals surface area contributed by atoms with Crippen LogP contribution >= 0.6 is 0 Å². The van der Waals surface area contributed by atoms with Gasteiger partial charge in [0.25, 0.3) is 0 Å². The van der Waals surface area contributed by atoms with Crippen LogP contribution in [0.25, 0.3) is 0 Å². The second-order valence-corrected chi connectivity index (χ2v) is 7.10. The van der Waals surface area contributed by atoms with Crippen LogP contribution in [0.15, 0.2) is 24.3 Å². The van der Waals surface area contributed by atoms with Gasteiger partial charge < -0.3 is 15.1 Å². The first-order chi connectivity index (χ1) is 12.2. The van der Waals surface area contributed by atoms with Crippen molar-refractivity contribution in [3.05, 3.63) is 46.5 Å². The van der Waals surface area contributed by atoms with Crippen molar-refractivity contribution in [1.82, 2.24) is 4.90 Å². The van der Waals surface area contributed by atoms with Crippen molar-refractivity contribution in [3.8, 4) is 0 Å². The van der Waals surface area contributed by atoms with Crippen LogP contribution < -0.4 is 0 Å². The van der Waals surface area contributed by atoms with Crippen molar-refractivity contribution in [3.63, 3.8) is 0 Å². The number of carboxylic acid groups (broad SMARTS) is 2. The van der Waals surface area contributed by atoms with Crippen LogP contribution in [0, 0.1) is 19.8 Å². The second kappa shape index (κ2) is 8.27. The Morgan fingerprint density at radius 2 is 1.77 bits per heavy atom. The van der Waals surface area contributed by atoms with Crippen LogP contribution in [0.3, 0.4) is 0 Å². The highest BCUT2D eigenvalue weighted by Gasteiger charge is 2.37. The van der Waals surface area contributed by atoms with E-state index in [4.69, 9.17) is 10.2 Å². The number of hydrogen-bond donors (Lipinski definition) is 2. The molecular formula is C20H25NO5. The molecule has 26 heavy (non-hydrogen) atoms. The molecule has 0 radical (unpaired) electrons. The maximum atomic E-state index is 12.3. The molecule has 1 fully saturated rings. The van der Waals surface area contributed by atoms with Gasteiger partial charge >= 0.3 is 11.9 Å². The van der Waals surface area contributed by atoms with Crippen molar-refractivity contribution in [2.75, 3.05) is 20.1 Å². The molecule has 140 valence electrons. The highest BCUT2D eigenvalue weighted by Crippen LogP contribution is 2.42. The number of hydrogen-bond acceptors (Lipinski definition) is 4. The summed E-state index contributed by atoms with van der Waals surface area (Å²) in [6.07, 6.45) is 3.04. The summed E-state index contributed by atoms with van der Waals surface area (Å²) < 4.78 is 0. The van der Waals surface area contributed by atoms with E-state index in [0.717, 1.165) is 25.1 Å². The summed E-state index contributed by atoms with van der Waals surface area (Å²) >= 11 is 0. The molecule has 0 aromatic heterocycles. The average molecular weight is 359 g/mol.